The quantitative estimate of drug-likeness (QED) is 0.561. The van der Waals surface area contributed by atoms with Gasteiger partial charge in [-0.2, -0.15) is 0 Å². The Bertz CT molecular complexity index is 887. The maximum atomic E-state index is 12.7. The molecule has 0 radical (unpaired) electrons. The molecule has 0 aliphatic rings. The summed E-state index contributed by atoms with van der Waals surface area (Å²) in [6.07, 6.45) is -0.0817. The number of hydrogen-bond donors (Lipinski definition) is 3. The van der Waals surface area contributed by atoms with E-state index in [2.05, 4.69) is 31.9 Å². The van der Waals surface area contributed by atoms with Crippen LogP contribution in [-0.2, 0) is 0 Å². The summed E-state index contributed by atoms with van der Waals surface area (Å²) in [5.74, 6) is -0.175. The number of carbonyl (C=O) groups is 2. The van der Waals surface area contributed by atoms with E-state index < -0.39 is 5.91 Å². The summed E-state index contributed by atoms with van der Waals surface area (Å²) in [6, 6.07) is 12.1. The van der Waals surface area contributed by atoms with Gasteiger partial charge in [0.15, 0.2) is 5.11 Å². The molecule has 0 heterocycles. The largest absolute Gasteiger partial charge is 0.490 e. The third-order valence-corrected chi connectivity index (χ3v) is 4.23. The van der Waals surface area contributed by atoms with Crippen LogP contribution in [0.1, 0.15) is 41.5 Å². The lowest BCUT2D eigenvalue weighted by Crippen LogP contribution is -2.35. The Morgan fingerprint density at radius 3 is 2.50 bits per heavy atom. The van der Waals surface area contributed by atoms with E-state index in [4.69, 9.17) is 17.0 Å². The number of hydrogen-bond acceptors (Lipinski definition) is 4. The van der Waals surface area contributed by atoms with Crippen LogP contribution in [0.15, 0.2) is 46.9 Å². The van der Waals surface area contributed by atoms with Gasteiger partial charge in [0.05, 0.1) is 22.9 Å². The summed E-state index contributed by atoms with van der Waals surface area (Å²) in [6.45, 7) is 6.12. The third kappa shape index (κ3) is 6.03. The standard InChI is InChI=1S/C20H22BrN3O3S/c1-4-22-18(25)14-7-5-6-8-16(14)23-20(28)24-19(26)15-11-13(21)9-10-17(15)27-12(2)3/h5-12H,4H2,1-3H3,(H,22,25)(H2,23,24,26,28). The van der Waals surface area contributed by atoms with Gasteiger partial charge in [0.2, 0.25) is 0 Å². The second-order valence-electron chi connectivity index (χ2n) is 6.12. The third-order valence-electron chi connectivity index (χ3n) is 3.53. The van der Waals surface area contributed by atoms with Crippen molar-refractivity contribution in [2.24, 2.45) is 0 Å². The Balaban J connectivity index is 2.16. The number of amides is 2. The van der Waals surface area contributed by atoms with Crippen LogP contribution in [0.4, 0.5) is 5.69 Å². The molecular formula is C20H22BrN3O3S. The van der Waals surface area contributed by atoms with Gasteiger partial charge in [-0.05, 0) is 63.3 Å². The number of benzene rings is 2. The molecule has 0 atom stereocenters. The molecule has 28 heavy (non-hydrogen) atoms. The van der Waals surface area contributed by atoms with Gasteiger partial charge < -0.3 is 15.4 Å². The predicted octanol–water partition coefficient (Wildman–Crippen LogP) is 4.11. The number of carbonyl (C=O) groups excluding carboxylic acids is 2. The van der Waals surface area contributed by atoms with Gasteiger partial charge in [0.1, 0.15) is 5.75 Å². The maximum Gasteiger partial charge on any atom is 0.261 e. The monoisotopic (exact) mass is 463 g/mol. The first-order chi connectivity index (χ1) is 13.3. The van der Waals surface area contributed by atoms with Crippen molar-refractivity contribution in [1.29, 1.82) is 0 Å². The number of rotatable bonds is 6. The Morgan fingerprint density at radius 2 is 1.82 bits per heavy atom. The SMILES string of the molecule is CCNC(=O)c1ccccc1NC(=S)NC(=O)c1cc(Br)ccc1OC(C)C. The topological polar surface area (TPSA) is 79.5 Å². The maximum absolute atomic E-state index is 12.7. The van der Waals surface area contributed by atoms with Gasteiger partial charge in [-0.3, -0.25) is 14.9 Å². The molecule has 0 unspecified atom stereocenters. The zero-order valence-corrected chi connectivity index (χ0v) is 18.2. The van der Waals surface area contributed by atoms with E-state index in [0.29, 0.717) is 29.1 Å². The number of anilines is 1. The summed E-state index contributed by atoms with van der Waals surface area (Å²) >= 11 is 8.62. The van der Waals surface area contributed by atoms with Crippen molar-refractivity contribution in [3.63, 3.8) is 0 Å². The van der Waals surface area contributed by atoms with Crippen molar-refractivity contribution in [1.82, 2.24) is 10.6 Å². The summed E-state index contributed by atoms with van der Waals surface area (Å²) in [5, 5.41) is 8.37. The van der Waals surface area contributed by atoms with Crippen LogP contribution in [0, 0.1) is 0 Å². The fraction of sp³-hybridized carbons (Fsp3) is 0.250. The van der Waals surface area contributed by atoms with Crippen LogP contribution in [-0.4, -0.2) is 29.6 Å². The van der Waals surface area contributed by atoms with Crippen molar-refractivity contribution < 1.29 is 14.3 Å². The molecule has 0 aliphatic heterocycles. The van der Waals surface area contributed by atoms with Crippen LogP contribution >= 0.6 is 28.1 Å². The van der Waals surface area contributed by atoms with E-state index in [0.717, 1.165) is 4.47 Å². The normalized spacial score (nSPS) is 10.3. The molecule has 0 saturated heterocycles. The molecule has 2 amide bonds. The van der Waals surface area contributed by atoms with Crippen LogP contribution in [0.5, 0.6) is 5.75 Å². The van der Waals surface area contributed by atoms with Gasteiger partial charge in [-0.1, -0.05) is 28.1 Å². The first-order valence-electron chi connectivity index (χ1n) is 8.77. The van der Waals surface area contributed by atoms with E-state index in [1.165, 1.54) is 0 Å². The minimum Gasteiger partial charge on any atom is -0.490 e. The summed E-state index contributed by atoms with van der Waals surface area (Å²) < 4.78 is 6.45. The Morgan fingerprint density at radius 1 is 1.11 bits per heavy atom. The highest BCUT2D eigenvalue weighted by Crippen LogP contribution is 2.24. The van der Waals surface area contributed by atoms with Gasteiger partial charge >= 0.3 is 0 Å². The molecule has 3 N–H and O–H groups in total. The fourth-order valence-corrected chi connectivity index (χ4v) is 2.97. The van der Waals surface area contributed by atoms with Crippen molar-refractivity contribution in [2.45, 2.75) is 26.9 Å². The molecule has 2 aromatic carbocycles. The molecule has 2 rings (SSSR count). The molecule has 0 aliphatic carbocycles. The highest BCUT2D eigenvalue weighted by molar-refractivity contribution is 9.10. The predicted molar refractivity (Wildman–Crippen MR) is 118 cm³/mol. The average molecular weight is 464 g/mol. The Kier molecular flexibility index (Phi) is 7.95. The lowest BCUT2D eigenvalue weighted by Gasteiger charge is -2.16. The van der Waals surface area contributed by atoms with E-state index in [1.54, 1.807) is 42.5 Å². The Hall–Kier alpha value is -2.45. The Labute approximate surface area is 178 Å². The number of halogens is 1. The van der Waals surface area contributed by atoms with E-state index in [1.807, 2.05) is 20.8 Å². The summed E-state index contributed by atoms with van der Waals surface area (Å²) in [5.41, 5.74) is 1.29. The summed E-state index contributed by atoms with van der Waals surface area (Å²) in [4.78, 5) is 24.9. The fourth-order valence-electron chi connectivity index (χ4n) is 2.41. The van der Waals surface area contributed by atoms with Crippen LogP contribution in [0.3, 0.4) is 0 Å². The van der Waals surface area contributed by atoms with Crippen LogP contribution in [0.2, 0.25) is 0 Å². The van der Waals surface area contributed by atoms with Crippen molar-refractivity contribution >= 4 is 50.8 Å². The molecule has 0 bridgehead atoms. The molecule has 148 valence electrons. The molecular weight excluding hydrogens is 442 g/mol. The van der Waals surface area contributed by atoms with Gasteiger partial charge in [0, 0.05) is 11.0 Å². The van der Waals surface area contributed by atoms with E-state index in [9.17, 15) is 9.59 Å². The number of ether oxygens (including phenoxy) is 1. The molecule has 2 aromatic rings. The second kappa shape index (κ2) is 10.2. The number of nitrogens with one attached hydrogen (secondary N) is 3. The van der Waals surface area contributed by atoms with E-state index >= 15 is 0 Å². The number of para-hydroxylation sites is 1. The highest BCUT2D eigenvalue weighted by Gasteiger charge is 2.17. The molecule has 6 nitrogen and oxygen atoms in total. The van der Waals surface area contributed by atoms with Crippen LogP contribution < -0.4 is 20.7 Å². The van der Waals surface area contributed by atoms with Crippen molar-refractivity contribution in [3.05, 3.63) is 58.1 Å². The van der Waals surface area contributed by atoms with E-state index in [-0.39, 0.29) is 17.1 Å². The molecule has 0 saturated carbocycles. The van der Waals surface area contributed by atoms with Crippen LogP contribution in [0.25, 0.3) is 0 Å². The zero-order valence-electron chi connectivity index (χ0n) is 15.8. The lowest BCUT2D eigenvalue weighted by atomic mass is 10.1. The van der Waals surface area contributed by atoms with Gasteiger partial charge in [-0.25, -0.2) is 0 Å². The minimum absolute atomic E-state index is 0.0808. The molecule has 0 spiro atoms. The highest BCUT2D eigenvalue weighted by atomic mass is 79.9. The zero-order chi connectivity index (χ0) is 20.7. The molecule has 0 fully saturated rings. The van der Waals surface area contributed by atoms with Crippen molar-refractivity contribution in [2.75, 3.05) is 11.9 Å². The smallest absolute Gasteiger partial charge is 0.261 e. The van der Waals surface area contributed by atoms with Gasteiger partial charge in [-0.15, -0.1) is 0 Å². The summed E-state index contributed by atoms with van der Waals surface area (Å²) in [7, 11) is 0. The molecule has 8 heteroatoms. The molecule has 0 aromatic heterocycles. The first kappa shape index (κ1) is 21.8. The second-order valence-corrected chi connectivity index (χ2v) is 7.44. The lowest BCUT2D eigenvalue weighted by molar-refractivity contribution is 0.0953. The van der Waals surface area contributed by atoms with Gasteiger partial charge in [0.25, 0.3) is 11.8 Å². The average Bonchev–Trinajstić information content (AvgIpc) is 2.63. The number of thiocarbonyl (C=S) groups is 1. The first-order valence-corrected chi connectivity index (χ1v) is 9.97. The van der Waals surface area contributed by atoms with Crippen molar-refractivity contribution in [3.8, 4) is 5.75 Å². The minimum atomic E-state index is -0.412.